The minimum atomic E-state index is -2.94. The Labute approximate surface area is 102 Å². The molecule has 0 fully saturated rings. The second kappa shape index (κ2) is 5.13. The minimum Gasteiger partial charge on any atom is -0.464 e. The molecule has 17 heavy (non-hydrogen) atoms. The molecule has 1 aromatic heterocycles. The second-order valence-corrected chi connectivity index (χ2v) is 3.54. The van der Waals surface area contributed by atoms with Crippen LogP contribution in [0.15, 0.2) is 10.7 Å². The molecule has 0 atom stereocenters. The molecule has 6 nitrogen and oxygen atoms in total. The van der Waals surface area contributed by atoms with E-state index in [9.17, 15) is 23.7 Å². The quantitative estimate of drug-likeness (QED) is 0.371. The van der Waals surface area contributed by atoms with Crippen LogP contribution in [0.5, 0.6) is 0 Å². The van der Waals surface area contributed by atoms with Crippen LogP contribution >= 0.6 is 15.9 Å². The van der Waals surface area contributed by atoms with Crippen LogP contribution in [0.25, 0.3) is 0 Å². The zero-order chi connectivity index (χ0) is 13.2. The van der Waals surface area contributed by atoms with E-state index in [4.69, 9.17) is 0 Å². The number of halogens is 3. The Morgan fingerprint density at radius 3 is 2.65 bits per heavy atom. The maximum atomic E-state index is 12.5. The smallest absolute Gasteiger partial charge is 0.363 e. The Morgan fingerprint density at radius 1 is 1.65 bits per heavy atom. The molecule has 0 saturated heterocycles. The Hall–Kier alpha value is -1.64. The molecular formula is C8H5BrF2N2O4. The highest BCUT2D eigenvalue weighted by molar-refractivity contribution is 9.10. The minimum absolute atomic E-state index is 0.335. The summed E-state index contributed by atoms with van der Waals surface area (Å²) in [5.41, 5.74) is -2.12. The van der Waals surface area contributed by atoms with E-state index in [1.54, 1.807) is 0 Å². The van der Waals surface area contributed by atoms with Gasteiger partial charge in [0.05, 0.1) is 17.6 Å². The first-order valence-electron chi connectivity index (χ1n) is 4.09. The molecule has 1 heterocycles. The molecule has 0 N–H and O–H groups in total. The van der Waals surface area contributed by atoms with E-state index in [0.717, 1.165) is 7.11 Å². The number of hydrogen-bond acceptors (Lipinski definition) is 5. The summed E-state index contributed by atoms with van der Waals surface area (Å²) < 4.78 is 28.9. The fourth-order valence-electron chi connectivity index (χ4n) is 1.03. The monoisotopic (exact) mass is 310 g/mol. The summed E-state index contributed by atoms with van der Waals surface area (Å²) in [5.74, 6) is -1.07. The molecule has 0 unspecified atom stereocenters. The van der Waals surface area contributed by atoms with Gasteiger partial charge in [-0.25, -0.2) is 18.6 Å². The molecule has 9 heteroatoms. The molecule has 0 bridgehead atoms. The van der Waals surface area contributed by atoms with Crippen molar-refractivity contribution in [3.63, 3.8) is 0 Å². The van der Waals surface area contributed by atoms with Gasteiger partial charge >= 0.3 is 11.7 Å². The van der Waals surface area contributed by atoms with Crippen molar-refractivity contribution in [1.82, 2.24) is 4.98 Å². The highest BCUT2D eigenvalue weighted by atomic mass is 79.9. The topological polar surface area (TPSA) is 82.3 Å². The van der Waals surface area contributed by atoms with E-state index in [2.05, 4.69) is 25.7 Å². The second-order valence-electron chi connectivity index (χ2n) is 2.79. The van der Waals surface area contributed by atoms with Crippen LogP contribution in [0.1, 0.15) is 22.5 Å². The average molecular weight is 311 g/mol. The van der Waals surface area contributed by atoms with E-state index < -0.39 is 34.3 Å². The SMILES string of the molecule is COC(=O)c1nc(Br)c(C(F)F)cc1[N+](=O)[O-]. The van der Waals surface area contributed by atoms with Gasteiger partial charge in [0.15, 0.2) is 0 Å². The summed E-state index contributed by atoms with van der Waals surface area (Å²) in [4.78, 5) is 24.2. The molecule has 0 aliphatic carbocycles. The first kappa shape index (κ1) is 13.4. The summed E-state index contributed by atoms with van der Waals surface area (Å²) in [6.07, 6.45) is -2.94. The number of rotatable bonds is 3. The third kappa shape index (κ3) is 2.73. The van der Waals surface area contributed by atoms with Gasteiger partial charge in [0, 0.05) is 6.07 Å². The maximum Gasteiger partial charge on any atom is 0.363 e. The van der Waals surface area contributed by atoms with E-state index in [1.165, 1.54) is 0 Å². The van der Waals surface area contributed by atoms with Crippen molar-refractivity contribution in [1.29, 1.82) is 0 Å². The van der Waals surface area contributed by atoms with Crippen molar-refractivity contribution in [3.8, 4) is 0 Å². The lowest BCUT2D eigenvalue weighted by molar-refractivity contribution is -0.385. The van der Waals surface area contributed by atoms with Gasteiger partial charge in [-0.3, -0.25) is 10.1 Å². The molecule has 92 valence electrons. The van der Waals surface area contributed by atoms with Crippen LogP contribution < -0.4 is 0 Å². The summed E-state index contributed by atoms with van der Waals surface area (Å²) in [6.45, 7) is 0. The molecule has 0 aliphatic rings. The zero-order valence-corrected chi connectivity index (χ0v) is 9.90. The van der Waals surface area contributed by atoms with Crippen molar-refractivity contribution >= 4 is 27.6 Å². The number of nitro groups is 1. The lowest BCUT2D eigenvalue weighted by Crippen LogP contribution is -2.10. The van der Waals surface area contributed by atoms with Gasteiger partial charge in [-0.15, -0.1) is 0 Å². The molecule has 0 spiro atoms. The first-order valence-corrected chi connectivity index (χ1v) is 4.89. The number of aromatic nitrogens is 1. The van der Waals surface area contributed by atoms with Gasteiger partial charge < -0.3 is 4.74 Å². The lowest BCUT2D eigenvalue weighted by atomic mass is 10.2. The normalized spacial score (nSPS) is 10.4. The maximum absolute atomic E-state index is 12.5. The summed E-state index contributed by atoms with van der Waals surface area (Å²) in [6, 6.07) is 0.591. The third-order valence-electron chi connectivity index (χ3n) is 1.79. The van der Waals surface area contributed by atoms with Gasteiger partial charge in [-0.05, 0) is 15.9 Å². The van der Waals surface area contributed by atoms with Crippen molar-refractivity contribution in [2.24, 2.45) is 0 Å². The van der Waals surface area contributed by atoms with E-state index in [0.29, 0.717) is 6.07 Å². The van der Waals surface area contributed by atoms with Crippen LogP contribution in [-0.4, -0.2) is 23.0 Å². The molecule has 1 rings (SSSR count). The van der Waals surface area contributed by atoms with Crippen molar-refractivity contribution < 1.29 is 23.2 Å². The fourth-order valence-corrected chi connectivity index (χ4v) is 1.50. The molecular weight excluding hydrogens is 306 g/mol. The van der Waals surface area contributed by atoms with Gasteiger partial charge in [0.25, 0.3) is 6.43 Å². The van der Waals surface area contributed by atoms with Crippen LogP contribution in [0.4, 0.5) is 14.5 Å². The highest BCUT2D eigenvalue weighted by Gasteiger charge is 2.27. The van der Waals surface area contributed by atoms with Gasteiger partial charge in [-0.1, -0.05) is 0 Å². The standard InChI is InChI=1S/C8H5BrF2N2O4/c1-17-8(14)5-4(13(15)16)2-3(7(10)11)6(9)12-5/h2,7H,1H3. The van der Waals surface area contributed by atoms with Gasteiger partial charge in [-0.2, -0.15) is 0 Å². The molecule has 0 aromatic carbocycles. The molecule has 0 aliphatic heterocycles. The molecule has 0 radical (unpaired) electrons. The number of carbonyl (C=O) groups excluding carboxylic acids is 1. The Morgan fingerprint density at radius 2 is 2.24 bits per heavy atom. The fraction of sp³-hybridized carbons (Fsp3) is 0.250. The molecule has 0 saturated carbocycles. The predicted octanol–water partition coefficient (Wildman–Crippen LogP) is 2.48. The van der Waals surface area contributed by atoms with Crippen molar-refractivity contribution in [2.75, 3.05) is 7.11 Å². The van der Waals surface area contributed by atoms with E-state index >= 15 is 0 Å². The molecule has 1 aromatic rings. The van der Waals surface area contributed by atoms with Crippen molar-refractivity contribution in [3.05, 3.63) is 32.0 Å². The van der Waals surface area contributed by atoms with Crippen LogP contribution in [0.2, 0.25) is 0 Å². The zero-order valence-electron chi connectivity index (χ0n) is 8.32. The first-order chi connectivity index (χ1) is 7.88. The summed E-state index contributed by atoms with van der Waals surface area (Å²) in [5, 5.41) is 10.6. The van der Waals surface area contributed by atoms with Crippen molar-refractivity contribution in [2.45, 2.75) is 6.43 Å². The summed E-state index contributed by atoms with van der Waals surface area (Å²) in [7, 11) is 1.00. The Bertz CT molecular complexity index is 481. The number of methoxy groups -OCH3 is 1. The Kier molecular flexibility index (Phi) is 4.05. The van der Waals surface area contributed by atoms with E-state index in [-0.39, 0.29) is 4.60 Å². The van der Waals surface area contributed by atoms with E-state index in [1.807, 2.05) is 0 Å². The molecule has 0 amide bonds. The van der Waals surface area contributed by atoms with Crippen LogP contribution in [-0.2, 0) is 4.74 Å². The number of carbonyl (C=O) groups is 1. The highest BCUT2D eigenvalue weighted by Crippen LogP contribution is 2.31. The number of pyridine rings is 1. The van der Waals surface area contributed by atoms with Gasteiger partial charge in [0.2, 0.25) is 5.69 Å². The Balaban J connectivity index is 3.46. The largest absolute Gasteiger partial charge is 0.464 e. The number of alkyl halides is 2. The van der Waals surface area contributed by atoms with Gasteiger partial charge in [0.1, 0.15) is 4.60 Å². The lowest BCUT2D eigenvalue weighted by Gasteiger charge is -2.05. The van der Waals surface area contributed by atoms with Crippen LogP contribution in [0, 0.1) is 10.1 Å². The average Bonchev–Trinajstić information content (AvgIpc) is 2.26. The van der Waals surface area contributed by atoms with Crippen LogP contribution in [0.3, 0.4) is 0 Å². The number of hydrogen-bond donors (Lipinski definition) is 0. The predicted molar refractivity (Wildman–Crippen MR) is 54.9 cm³/mol. The number of nitrogens with zero attached hydrogens (tertiary/aromatic N) is 2. The number of esters is 1. The third-order valence-corrected chi connectivity index (χ3v) is 2.43. The number of ether oxygens (including phenoxy) is 1. The summed E-state index contributed by atoms with van der Waals surface area (Å²) >= 11 is 2.71.